The molecule has 0 atom stereocenters. The Kier molecular flexibility index (Phi) is 14.1. The lowest BCUT2D eigenvalue weighted by Crippen LogP contribution is -2.50. The van der Waals surface area contributed by atoms with Crippen molar-refractivity contribution in [3.63, 3.8) is 0 Å². The lowest BCUT2D eigenvalue weighted by molar-refractivity contribution is 0.415. The van der Waals surface area contributed by atoms with E-state index in [1.54, 1.807) is 14.2 Å². The molecule has 0 saturated carbocycles. The molecule has 0 aliphatic rings. The molecule has 0 bridgehead atoms. The average molecular weight is 769 g/mol. The van der Waals surface area contributed by atoms with Gasteiger partial charge in [0, 0.05) is 34.6 Å². The van der Waals surface area contributed by atoms with Crippen molar-refractivity contribution in [1.82, 2.24) is 0 Å². The summed E-state index contributed by atoms with van der Waals surface area (Å²) in [5, 5.41) is 7.60. The number of nitrogens with one attached hydrogen (secondary N) is 2. The Bertz CT molecular complexity index is 1650. The van der Waals surface area contributed by atoms with Gasteiger partial charge in [-0.05, 0) is 119 Å². The zero-order valence-corrected chi connectivity index (χ0v) is 38.0. The SMILES string of the molecule is COc1ccc(Nc2cc(O[Si](C(C)C)(C(C)C)C(C)C)c(C)cc2-c2cc(C)c(O[Si](C(C)C)(C(C)C)C(C)C)cc2Nc2ccc(OC)cc2)cc1. The molecule has 0 fully saturated rings. The van der Waals surface area contributed by atoms with Gasteiger partial charge in [0.1, 0.15) is 23.0 Å². The second-order valence-corrected chi connectivity index (χ2v) is 27.6. The molecule has 0 aliphatic carbocycles. The van der Waals surface area contributed by atoms with Gasteiger partial charge in [0.05, 0.1) is 25.6 Å². The van der Waals surface area contributed by atoms with E-state index in [9.17, 15) is 0 Å². The van der Waals surface area contributed by atoms with Crippen LogP contribution in [-0.2, 0) is 0 Å². The summed E-state index contributed by atoms with van der Waals surface area (Å²) in [6.45, 7) is 32.4. The van der Waals surface area contributed by atoms with E-state index >= 15 is 0 Å². The van der Waals surface area contributed by atoms with Gasteiger partial charge in [-0.3, -0.25) is 0 Å². The molecule has 6 nitrogen and oxygen atoms in total. The molecule has 8 heteroatoms. The Morgan fingerprint density at radius 2 is 0.704 bits per heavy atom. The van der Waals surface area contributed by atoms with Crippen LogP contribution in [-0.4, -0.2) is 30.9 Å². The third-order valence-electron chi connectivity index (χ3n) is 11.6. The molecule has 0 aliphatic heterocycles. The van der Waals surface area contributed by atoms with Crippen molar-refractivity contribution >= 4 is 39.4 Å². The molecule has 0 unspecified atom stereocenters. The first kappa shape index (κ1) is 42.8. The van der Waals surface area contributed by atoms with E-state index in [-0.39, 0.29) is 0 Å². The highest BCUT2D eigenvalue weighted by atomic mass is 28.4. The minimum absolute atomic E-state index is 0.447. The Morgan fingerprint density at radius 1 is 0.426 bits per heavy atom. The largest absolute Gasteiger partial charge is 0.542 e. The van der Waals surface area contributed by atoms with Crippen LogP contribution in [0.1, 0.15) is 94.2 Å². The summed E-state index contributed by atoms with van der Waals surface area (Å²) in [7, 11) is -1.09. The number of hydrogen-bond donors (Lipinski definition) is 2. The van der Waals surface area contributed by atoms with Crippen LogP contribution in [0.25, 0.3) is 11.1 Å². The maximum absolute atomic E-state index is 7.37. The molecule has 0 radical (unpaired) electrons. The van der Waals surface area contributed by atoms with Crippen molar-refractivity contribution in [2.45, 2.75) is 130 Å². The number of methoxy groups -OCH3 is 2. The summed E-state index contributed by atoms with van der Waals surface area (Å²) in [6.07, 6.45) is 0. The molecule has 0 heterocycles. The smallest absolute Gasteiger partial charge is 0.258 e. The van der Waals surface area contributed by atoms with Crippen molar-refractivity contribution in [2.24, 2.45) is 0 Å². The summed E-state index contributed by atoms with van der Waals surface area (Å²) in [6, 6.07) is 25.3. The predicted molar refractivity (Wildman–Crippen MR) is 237 cm³/mol. The molecule has 4 aromatic carbocycles. The van der Waals surface area contributed by atoms with Crippen molar-refractivity contribution in [2.75, 3.05) is 24.9 Å². The maximum Gasteiger partial charge on any atom is 0.258 e. The normalized spacial score (nSPS) is 12.3. The average Bonchev–Trinajstić information content (AvgIpc) is 3.11. The van der Waals surface area contributed by atoms with E-state index in [2.05, 4.69) is 156 Å². The van der Waals surface area contributed by atoms with Crippen LogP contribution < -0.4 is 29.0 Å². The van der Waals surface area contributed by atoms with Crippen LogP contribution >= 0.6 is 0 Å². The van der Waals surface area contributed by atoms with E-state index < -0.39 is 16.6 Å². The highest BCUT2D eigenvalue weighted by molar-refractivity contribution is 6.78. The number of rotatable bonds is 17. The van der Waals surface area contributed by atoms with Gasteiger partial charge in [-0.1, -0.05) is 83.1 Å². The van der Waals surface area contributed by atoms with E-state index in [1.807, 2.05) is 24.3 Å². The fourth-order valence-corrected chi connectivity index (χ4v) is 19.6. The highest BCUT2D eigenvalue weighted by Crippen LogP contribution is 2.49. The van der Waals surface area contributed by atoms with Gasteiger partial charge in [0.2, 0.25) is 0 Å². The molecule has 0 amide bonds. The molecular weight excluding hydrogens is 701 g/mol. The summed E-state index contributed by atoms with van der Waals surface area (Å²) in [5.74, 6) is 3.52. The number of benzene rings is 4. The number of ether oxygens (including phenoxy) is 2. The molecule has 294 valence electrons. The van der Waals surface area contributed by atoms with Crippen LogP contribution in [0, 0.1) is 13.8 Å². The molecule has 0 saturated heterocycles. The van der Waals surface area contributed by atoms with E-state index in [0.717, 1.165) is 68.0 Å². The molecule has 0 aromatic heterocycles. The monoisotopic (exact) mass is 768 g/mol. The molecular formula is C46H68N2O4Si2. The van der Waals surface area contributed by atoms with Gasteiger partial charge in [0.15, 0.2) is 0 Å². The van der Waals surface area contributed by atoms with Gasteiger partial charge in [-0.25, -0.2) is 0 Å². The Hall–Kier alpha value is -3.89. The molecule has 54 heavy (non-hydrogen) atoms. The first-order chi connectivity index (χ1) is 25.4. The fraction of sp³-hybridized carbons (Fsp3) is 0.478. The Labute approximate surface area is 329 Å². The second-order valence-electron chi connectivity index (χ2n) is 16.9. The number of hydrogen-bond acceptors (Lipinski definition) is 6. The van der Waals surface area contributed by atoms with Crippen molar-refractivity contribution < 1.29 is 18.3 Å². The number of aryl methyl sites for hydroxylation is 2. The first-order valence-electron chi connectivity index (χ1n) is 19.9. The quantitative estimate of drug-likeness (QED) is 0.104. The first-order valence-corrected chi connectivity index (χ1v) is 24.2. The molecule has 0 spiro atoms. The van der Waals surface area contributed by atoms with Gasteiger partial charge >= 0.3 is 0 Å². The zero-order valence-electron chi connectivity index (χ0n) is 36.0. The number of anilines is 4. The van der Waals surface area contributed by atoms with Gasteiger partial charge < -0.3 is 29.0 Å². The van der Waals surface area contributed by atoms with Crippen LogP contribution in [0.15, 0.2) is 72.8 Å². The molecule has 2 N–H and O–H groups in total. The van der Waals surface area contributed by atoms with Crippen LogP contribution in [0.5, 0.6) is 23.0 Å². The van der Waals surface area contributed by atoms with Gasteiger partial charge in [-0.15, -0.1) is 0 Å². The van der Waals surface area contributed by atoms with E-state index in [4.69, 9.17) is 18.3 Å². The van der Waals surface area contributed by atoms with Crippen LogP contribution in [0.4, 0.5) is 22.7 Å². The summed E-state index contributed by atoms with van der Waals surface area (Å²) in [4.78, 5) is 0. The predicted octanol–water partition coefficient (Wildman–Crippen LogP) is 14.6. The van der Waals surface area contributed by atoms with Gasteiger partial charge in [-0.2, -0.15) is 0 Å². The Morgan fingerprint density at radius 3 is 0.944 bits per heavy atom. The standard InChI is InChI=1S/C46H68N2O4Si2/c1-29(2)53(30(3)4,31(5)6)51-45-27-43(47-37-17-21-39(49-15)22-18-37)41(25-35(45)13)42-26-36(14)46(52-54(32(7)8,33(9)10)34(11)12)28-44(42)48-38-19-23-40(50-16)24-20-38/h17-34,47-48H,1-16H3. The van der Waals surface area contributed by atoms with Crippen molar-refractivity contribution in [1.29, 1.82) is 0 Å². The third-order valence-corrected chi connectivity index (χ3v) is 23.6. The van der Waals surface area contributed by atoms with Crippen molar-refractivity contribution in [3.8, 4) is 34.1 Å². The van der Waals surface area contributed by atoms with Crippen molar-refractivity contribution in [3.05, 3.63) is 83.9 Å². The lowest BCUT2D eigenvalue weighted by atomic mass is 9.96. The third kappa shape index (κ3) is 8.81. The molecule has 4 rings (SSSR count). The maximum atomic E-state index is 7.37. The molecule has 4 aromatic rings. The Balaban J connectivity index is 2.01. The van der Waals surface area contributed by atoms with Gasteiger partial charge in [0.25, 0.3) is 16.6 Å². The summed E-state index contributed by atoms with van der Waals surface area (Å²) >= 11 is 0. The lowest BCUT2D eigenvalue weighted by Gasteiger charge is -2.43. The topological polar surface area (TPSA) is 61.0 Å². The highest BCUT2D eigenvalue weighted by Gasteiger charge is 2.48. The summed E-state index contributed by atoms with van der Waals surface area (Å²) in [5.41, 5.74) is 10.9. The zero-order chi connectivity index (χ0) is 40.1. The van der Waals surface area contributed by atoms with Crippen LogP contribution in [0.2, 0.25) is 33.2 Å². The van der Waals surface area contributed by atoms with Crippen LogP contribution in [0.3, 0.4) is 0 Å². The second kappa shape index (κ2) is 17.7. The minimum Gasteiger partial charge on any atom is -0.542 e. The van der Waals surface area contributed by atoms with E-state index in [0.29, 0.717) is 33.2 Å². The van der Waals surface area contributed by atoms with E-state index in [1.165, 1.54) is 0 Å². The fourth-order valence-electron chi connectivity index (χ4n) is 9.00. The minimum atomic E-state index is -2.24. The summed E-state index contributed by atoms with van der Waals surface area (Å²) < 4.78 is 25.7.